The van der Waals surface area contributed by atoms with Crippen molar-refractivity contribution in [3.05, 3.63) is 23.8 Å². The largest absolute Gasteiger partial charge is 0.493 e. The molecule has 0 radical (unpaired) electrons. The molecule has 0 heterocycles. The summed E-state index contributed by atoms with van der Waals surface area (Å²) >= 11 is 0. The van der Waals surface area contributed by atoms with Crippen LogP contribution in [-0.4, -0.2) is 33.2 Å². The van der Waals surface area contributed by atoms with Crippen LogP contribution in [0, 0.1) is 0 Å². The second kappa shape index (κ2) is 6.03. The minimum absolute atomic E-state index is 0.128. The van der Waals surface area contributed by atoms with E-state index in [4.69, 9.17) is 9.47 Å². The van der Waals surface area contributed by atoms with Crippen LogP contribution in [0.1, 0.15) is 10.4 Å². The van der Waals surface area contributed by atoms with Crippen LogP contribution in [-0.2, 0) is 4.74 Å². The number of methoxy groups -OCH3 is 2. The van der Waals surface area contributed by atoms with E-state index in [2.05, 4.69) is 4.74 Å². The normalized spacial score (nSPS) is 10.2. The Morgan fingerprint density at radius 1 is 1.24 bits per heavy atom. The molecule has 94 valence electrons. The Bertz CT molecular complexity index is 393. The molecule has 17 heavy (non-hydrogen) atoms. The van der Waals surface area contributed by atoms with Gasteiger partial charge in [0.05, 0.1) is 19.8 Å². The summed E-state index contributed by atoms with van der Waals surface area (Å²) in [6.07, 6.45) is -2.68. The fraction of sp³-hybridized carbons (Fsp3) is 0.364. The molecule has 1 aromatic rings. The Hall–Kier alpha value is -1.85. The van der Waals surface area contributed by atoms with E-state index in [9.17, 15) is 13.6 Å². The molecule has 0 aliphatic heterocycles. The maximum absolute atomic E-state index is 11.9. The number of alkyl halides is 2. The highest BCUT2D eigenvalue weighted by atomic mass is 19.3. The lowest BCUT2D eigenvalue weighted by atomic mass is 10.2. The highest BCUT2D eigenvalue weighted by Crippen LogP contribution is 2.27. The number of carbonyl (C=O) groups is 1. The van der Waals surface area contributed by atoms with E-state index in [1.54, 1.807) is 0 Å². The first kappa shape index (κ1) is 13.2. The molecule has 0 saturated carbocycles. The van der Waals surface area contributed by atoms with Crippen molar-refractivity contribution < 1.29 is 27.8 Å². The van der Waals surface area contributed by atoms with Gasteiger partial charge in [0.25, 0.3) is 6.43 Å². The van der Waals surface area contributed by atoms with Gasteiger partial charge in [-0.25, -0.2) is 13.6 Å². The summed E-state index contributed by atoms with van der Waals surface area (Å²) < 4.78 is 38.0. The van der Waals surface area contributed by atoms with Gasteiger partial charge in [-0.1, -0.05) is 0 Å². The molecule has 0 N–H and O–H groups in total. The highest BCUT2D eigenvalue weighted by molar-refractivity contribution is 5.90. The van der Waals surface area contributed by atoms with Crippen LogP contribution in [0.3, 0.4) is 0 Å². The zero-order chi connectivity index (χ0) is 12.8. The Labute approximate surface area is 97.1 Å². The minimum Gasteiger partial charge on any atom is -0.493 e. The third kappa shape index (κ3) is 3.58. The van der Waals surface area contributed by atoms with Crippen LogP contribution in [0.25, 0.3) is 0 Å². The van der Waals surface area contributed by atoms with Crippen molar-refractivity contribution in [1.82, 2.24) is 0 Å². The summed E-state index contributed by atoms with van der Waals surface area (Å²) in [7, 11) is 2.86. The molecule has 0 bridgehead atoms. The number of hydrogen-bond acceptors (Lipinski definition) is 4. The van der Waals surface area contributed by atoms with Gasteiger partial charge in [0.2, 0.25) is 0 Å². The molecule has 0 aliphatic rings. The summed E-state index contributed by atoms with van der Waals surface area (Å²) in [6, 6.07) is 4.28. The van der Waals surface area contributed by atoms with Gasteiger partial charge in [-0.05, 0) is 18.2 Å². The lowest BCUT2D eigenvalue weighted by Gasteiger charge is -2.09. The molecule has 4 nitrogen and oxygen atoms in total. The fourth-order valence-corrected chi connectivity index (χ4v) is 1.19. The third-order valence-corrected chi connectivity index (χ3v) is 1.96. The van der Waals surface area contributed by atoms with E-state index in [-0.39, 0.29) is 5.56 Å². The number of rotatable bonds is 5. The number of carbonyl (C=O) groups excluding carboxylic acids is 1. The van der Waals surface area contributed by atoms with E-state index in [0.29, 0.717) is 11.5 Å². The lowest BCUT2D eigenvalue weighted by molar-refractivity contribution is 0.0159. The maximum atomic E-state index is 11.9. The van der Waals surface area contributed by atoms with Crippen LogP contribution in [0.2, 0.25) is 0 Å². The molecule has 0 amide bonds. The van der Waals surface area contributed by atoms with Crippen LogP contribution < -0.4 is 9.47 Å². The van der Waals surface area contributed by atoms with E-state index in [1.807, 2.05) is 0 Å². The van der Waals surface area contributed by atoms with Crippen LogP contribution >= 0.6 is 0 Å². The lowest BCUT2D eigenvalue weighted by Crippen LogP contribution is -2.11. The third-order valence-electron chi connectivity index (χ3n) is 1.96. The molecular weight excluding hydrogens is 234 g/mol. The predicted octanol–water partition coefficient (Wildman–Crippen LogP) is 2.13. The number of esters is 1. The standard InChI is InChI=1S/C11H12F2O4/c1-15-8-4-3-7(5-9(8)16-2)11(14)17-6-10(12)13/h3-5,10H,6H2,1-2H3. The van der Waals surface area contributed by atoms with Crippen molar-refractivity contribution in [2.45, 2.75) is 6.43 Å². The highest BCUT2D eigenvalue weighted by Gasteiger charge is 2.13. The van der Waals surface area contributed by atoms with Gasteiger partial charge >= 0.3 is 5.97 Å². The zero-order valence-electron chi connectivity index (χ0n) is 9.41. The molecule has 0 saturated heterocycles. The van der Waals surface area contributed by atoms with Crippen molar-refractivity contribution in [2.75, 3.05) is 20.8 Å². The number of halogens is 2. The summed E-state index contributed by atoms with van der Waals surface area (Å²) in [5.41, 5.74) is 0.128. The molecule has 1 aromatic carbocycles. The van der Waals surface area contributed by atoms with Crippen molar-refractivity contribution >= 4 is 5.97 Å². The van der Waals surface area contributed by atoms with Gasteiger partial charge in [-0.3, -0.25) is 0 Å². The number of benzene rings is 1. The average molecular weight is 246 g/mol. The summed E-state index contributed by atoms with van der Waals surface area (Å²) in [4.78, 5) is 11.4. The van der Waals surface area contributed by atoms with Gasteiger partial charge in [-0.2, -0.15) is 0 Å². The quantitative estimate of drug-likeness (QED) is 0.746. The first-order valence-corrected chi connectivity index (χ1v) is 4.75. The second-order valence-electron chi connectivity index (χ2n) is 3.06. The first-order valence-electron chi connectivity index (χ1n) is 4.75. The van der Waals surface area contributed by atoms with E-state index in [0.717, 1.165) is 0 Å². The predicted molar refractivity (Wildman–Crippen MR) is 55.8 cm³/mol. The Kier molecular flexibility index (Phi) is 4.68. The van der Waals surface area contributed by atoms with Crippen LogP contribution in [0.5, 0.6) is 11.5 Å². The smallest absolute Gasteiger partial charge is 0.338 e. The summed E-state index contributed by atoms with van der Waals surface area (Å²) in [6.45, 7) is -0.923. The number of ether oxygens (including phenoxy) is 3. The SMILES string of the molecule is COc1ccc(C(=O)OCC(F)F)cc1OC. The molecular formula is C11H12F2O4. The van der Waals surface area contributed by atoms with Gasteiger partial charge in [0, 0.05) is 0 Å². The molecule has 1 rings (SSSR count). The molecule has 6 heteroatoms. The Morgan fingerprint density at radius 2 is 1.88 bits per heavy atom. The maximum Gasteiger partial charge on any atom is 0.338 e. The van der Waals surface area contributed by atoms with Crippen molar-refractivity contribution in [1.29, 1.82) is 0 Å². The molecule has 0 fully saturated rings. The minimum atomic E-state index is -2.68. The topological polar surface area (TPSA) is 44.8 Å². The van der Waals surface area contributed by atoms with E-state index < -0.39 is 19.0 Å². The van der Waals surface area contributed by atoms with E-state index >= 15 is 0 Å². The monoisotopic (exact) mass is 246 g/mol. The van der Waals surface area contributed by atoms with E-state index in [1.165, 1.54) is 32.4 Å². The van der Waals surface area contributed by atoms with Crippen molar-refractivity contribution in [3.63, 3.8) is 0 Å². The molecule has 0 atom stereocenters. The molecule has 0 spiro atoms. The van der Waals surface area contributed by atoms with Crippen molar-refractivity contribution in [2.24, 2.45) is 0 Å². The van der Waals surface area contributed by atoms with Crippen LogP contribution in [0.15, 0.2) is 18.2 Å². The van der Waals surface area contributed by atoms with Gasteiger partial charge in [0.1, 0.15) is 0 Å². The second-order valence-corrected chi connectivity index (χ2v) is 3.06. The van der Waals surface area contributed by atoms with Gasteiger partial charge in [0.15, 0.2) is 18.1 Å². The molecule has 0 aliphatic carbocycles. The summed E-state index contributed by atoms with van der Waals surface area (Å²) in [5, 5.41) is 0. The summed E-state index contributed by atoms with van der Waals surface area (Å²) in [5.74, 6) is -0.0526. The Morgan fingerprint density at radius 3 is 2.41 bits per heavy atom. The van der Waals surface area contributed by atoms with Crippen molar-refractivity contribution in [3.8, 4) is 11.5 Å². The average Bonchev–Trinajstić information content (AvgIpc) is 2.34. The fourth-order valence-electron chi connectivity index (χ4n) is 1.19. The van der Waals surface area contributed by atoms with Gasteiger partial charge < -0.3 is 14.2 Å². The Balaban J connectivity index is 2.81. The molecule has 0 aromatic heterocycles. The molecule has 0 unspecified atom stereocenters. The first-order chi connectivity index (χ1) is 8.08. The number of hydrogen-bond donors (Lipinski definition) is 0. The zero-order valence-corrected chi connectivity index (χ0v) is 9.41. The van der Waals surface area contributed by atoms with Gasteiger partial charge in [-0.15, -0.1) is 0 Å². The van der Waals surface area contributed by atoms with Crippen LogP contribution in [0.4, 0.5) is 8.78 Å².